The highest BCUT2D eigenvalue weighted by molar-refractivity contribution is 7.13. The molecule has 5 nitrogen and oxygen atoms in total. The molecule has 0 atom stereocenters. The molecule has 0 aliphatic carbocycles. The summed E-state index contributed by atoms with van der Waals surface area (Å²) in [6.07, 6.45) is -0.184. The topological polar surface area (TPSA) is 68.3 Å². The first-order valence-corrected chi connectivity index (χ1v) is 8.83. The van der Waals surface area contributed by atoms with Crippen molar-refractivity contribution in [3.63, 3.8) is 0 Å². The van der Waals surface area contributed by atoms with Crippen LogP contribution in [0.25, 0.3) is 10.6 Å². The second kappa shape index (κ2) is 8.22. The first kappa shape index (κ1) is 19.6. The van der Waals surface area contributed by atoms with E-state index in [1.807, 2.05) is 0 Å². The van der Waals surface area contributed by atoms with E-state index in [9.17, 15) is 22.8 Å². The maximum absolute atomic E-state index is 13.9. The van der Waals surface area contributed by atoms with Crippen LogP contribution in [-0.4, -0.2) is 24.0 Å². The van der Waals surface area contributed by atoms with E-state index in [-0.39, 0.29) is 12.1 Å². The Kier molecular flexibility index (Phi) is 5.74. The van der Waals surface area contributed by atoms with Crippen molar-refractivity contribution < 1.29 is 27.5 Å². The number of rotatable bonds is 5. The van der Waals surface area contributed by atoms with Crippen molar-refractivity contribution in [2.24, 2.45) is 0 Å². The van der Waals surface area contributed by atoms with Gasteiger partial charge in [-0.05, 0) is 18.2 Å². The molecule has 0 saturated heterocycles. The van der Waals surface area contributed by atoms with Crippen molar-refractivity contribution in [3.05, 3.63) is 70.5 Å². The number of aromatic nitrogens is 1. The molecule has 1 heterocycles. The van der Waals surface area contributed by atoms with E-state index < -0.39 is 34.9 Å². The van der Waals surface area contributed by atoms with Gasteiger partial charge < -0.3 is 10.1 Å². The predicted octanol–water partition coefficient (Wildman–Crippen LogP) is 4.20. The van der Waals surface area contributed by atoms with Gasteiger partial charge in [-0.1, -0.05) is 12.1 Å². The van der Waals surface area contributed by atoms with Crippen molar-refractivity contribution in [1.82, 2.24) is 4.98 Å². The molecule has 0 spiro atoms. The Hall–Kier alpha value is -3.20. The van der Waals surface area contributed by atoms with E-state index in [0.717, 1.165) is 13.2 Å². The fourth-order valence-electron chi connectivity index (χ4n) is 2.41. The smallest absolute Gasteiger partial charge is 0.340 e. The lowest BCUT2D eigenvalue weighted by Gasteiger charge is -2.08. The average Bonchev–Trinajstić information content (AvgIpc) is 3.11. The summed E-state index contributed by atoms with van der Waals surface area (Å²) in [5.74, 6) is -4.14. The summed E-state index contributed by atoms with van der Waals surface area (Å²) in [5, 5.41) is 4.44. The summed E-state index contributed by atoms with van der Waals surface area (Å²) in [6.45, 7) is 0. The fraction of sp³-hybridized carbons (Fsp3) is 0.105. The van der Waals surface area contributed by atoms with Crippen LogP contribution >= 0.6 is 11.3 Å². The third-order valence-electron chi connectivity index (χ3n) is 3.70. The number of anilines is 1. The number of esters is 1. The van der Waals surface area contributed by atoms with E-state index >= 15 is 0 Å². The molecule has 3 aromatic rings. The summed E-state index contributed by atoms with van der Waals surface area (Å²) in [6, 6.07) is 7.24. The molecule has 28 heavy (non-hydrogen) atoms. The molecule has 1 amide bonds. The number of hydrogen-bond acceptors (Lipinski definition) is 5. The molecule has 0 bridgehead atoms. The van der Waals surface area contributed by atoms with Crippen LogP contribution in [0.1, 0.15) is 16.1 Å². The third kappa shape index (κ3) is 4.37. The Labute approximate surface area is 161 Å². The summed E-state index contributed by atoms with van der Waals surface area (Å²) in [4.78, 5) is 28.0. The minimum Gasteiger partial charge on any atom is -0.465 e. The van der Waals surface area contributed by atoms with Crippen LogP contribution in [0.4, 0.5) is 18.9 Å². The number of amides is 1. The molecule has 0 fully saturated rings. The normalized spacial score (nSPS) is 10.6. The zero-order valence-corrected chi connectivity index (χ0v) is 15.3. The molecule has 3 rings (SSSR count). The number of methoxy groups -OCH3 is 1. The fourth-order valence-corrected chi connectivity index (χ4v) is 3.23. The highest BCUT2D eigenvalue weighted by Gasteiger charge is 2.18. The lowest BCUT2D eigenvalue weighted by molar-refractivity contribution is -0.115. The molecule has 0 radical (unpaired) electrons. The number of thiazole rings is 1. The standard InChI is InChI=1S/C19H13F3N2O3S/c1-27-19(26)13-7-16(15(22)8-14(13)21)24-17(25)6-12-9-28-18(23-12)10-3-2-4-11(20)5-10/h2-5,7-9H,6H2,1H3,(H,24,25). The third-order valence-corrected chi connectivity index (χ3v) is 4.64. The van der Waals surface area contributed by atoms with Gasteiger partial charge in [0.05, 0.1) is 30.5 Å². The maximum atomic E-state index is 13.9. The summed E-state index contributed by atoms with van der Waals surface area (Å²) in [7, 11) is 1.06. The Balaban J connectivity index is 1.74. The van der Waals surface area contributed by atoms with Crippen molar-refractivity contribution in [2.75, 3.05) is 12.4 Å². The second-order valence-electron chi connectivity index (χ2n) is 5.68. The van der Waals surface area contributed by atoms with Gasteiger partial charge in [0.1, 0.15) is 22.5 Å². The Morgan fingerprint density at radius 1 is 1.14 bits per heavy atom. The molecule has 0 unspecified atom stereocenters. The van der Waals surface area contributed by atoms with Crippen LogP contribution < -0.4 is 5.32 Å². The first-order chi connectivity index (χ1) is 13.4. The average molecular weight is 406 g/mol. The molecule has 0 saturated carbocycles. The highest BCUT2D eigenvalue weighted by Crippen LogP contribution is 2.25. The van der Waals surface area contributed by atoms with Crippen LogP contribution in [0.3, 0.4) is 0 Å². The largest absolute Gasteiger partial charge is 0.465 e. The van der Waals surface area contributed by atoms with Gasteiger partial charge in [-0.3, -0.25) is 4.79 Å². The maximum Gasteiger partial charge on any atom is 0.340 e. The van der Waals surface area contributed by atoms with Crippen LogP contribution in [0.15, 0.2) is 41.8 Å². The van der Waals surface area contributed by atoms with Crippen LogP contribution in [0.5, 0.6) is 0 Å². The van der Waals surface area contributed by atoms with Gasteiger partial charge in [0.25, 0.3) is 0 Å². The number of hydrogen-bond donors (Lipinski definition) is 1. The number of nitrogens with one attached hydrogen (secondary N) is 1. The minimum absolute atomic E-state index is 0.184. The van der Waals surface area contributed by atoms with E-state index in [4.69, 9.17) is 0 Å². The van der Waals surface area contributed by atoms with Crippen molar-refractivity contribution in [1.29, 1.82) is 0 Å². The predicted molar refractivity (Wildman–Crippen MR) is 97.5 cm³/mol. The van der Waals surface area contributed by atoms with Gasteiger partial charge in [0.2, 0.25) is 5.91 Å². The molecule has 2 aromatic carbocycles. The Morgan fingerprint density at radius 3 is 2.64 bits per heavy atom. The molecular formula is C19H13F3N2O3S. The van der Waals surface area contributed by atoms with Gasteiger partial charge in [-0.25, -0.2) is 22.9 Å². The lowest BCUT2D eigenvalue weighted by Crippen LogP contribution is -2.17. The number of carbonyl (C=O) groups excluding carboxylic acids is 2. The van der Waals surface area contributed by atoms with Crippen molar-refractivity contribution in [3.8, 4) is 10.6 Å². The number of ether oxygens (including phenoxy) is 1. The zero-order chi connectivity index (χ0) is 20.3. The molecule has 144 valence electrons. The van der Waals surface area contributed by atoms with Gasteiger partial charge in [-0.2, -0.15) is 0 Å². The number of benzene rings is 2. The van der Waals surface area contributed by atoms with Gasteiger partial charge >= 0.3 is 5.97 Å². The first-order valence-electron chi connectivity index (χ1n) is 7.95. The van der Waals surface area contributed by atoms with Crippen molar-refractivity contribution in [2.45, 2.75) is 6.42 Å². The Bertz CT molecular complexity index is 1050. The van der Waals surface area contributed by atoms with E-state index in [2.05, 4.69) is 15.0 Å². The van der Waals surface area contributed by atoms with E-state index in [1.165, 1.54) is 23.5 Å². The highest BCUT2D eigenvalue weighted by atomic mass is 32.1. The molecule has 0 aliphatic heterocycles. The van der Waals surface area contributed by atoms with Gasteiger partial charge in [0, 0.05) is 17.0 Å². The summed E-state index contributed by atoms with van der Waals surface area (Å²) in [5.41, 5.74) is 0.120. The summed E-state index contributed by atoms with van der Waals surface area (Å²) < 4.78 is 45.3. The molecule has 1 N–H and O–H groups in total. The summed E-state index contributed by atoms with van der Waals surface area (Å²) >= 11 is 1.23. The molecule has 0 aliphatic rings. The molecule has 9 heteroatoms. The van der Waals surface area contributed by atoms with Gasteiger partial charge in [-0.15, -0.1) is 11.3 Å². The van der Waals surface area contributed by atoms with Crippen molar-refractivity contribution >= 4 is 28.9 Å². The SMILES string of the molecule is COC(=O)c1cc(NC(=O)Cc2csc(-c3cccc(F)c3)n2)c(F)cc1F. The van der Waals surface area contributed by atoms with E-state index in [1.54, 1.807) is 17.5 Å². The number of halogens is 3. The van der Waals surface area contributed by atoms with Gasteiger partial charge in [0.15, 0.2) is 0 Å². The monoisotopic (exact) mass is 406 g/mol. The quantitative estimate of drug-likeness (QED) is 0.645. The zero-order valence-electron chi connectivity index (χ0n) is 14.5. The van der Waals surface area contributed by atoms with Crippen LogP contribution in [-0.2, 0) is 16.0 Å². The lowest BCUT2D eigenvalue weighted by atomic mass is 10.1. The molecular weight excluding hydrogens is 393 g/mol. The van der Waals surface area contributed by atoms with E-state index in [0.29, 0.717) is 22.3 Å². The van der Waals surface area contributed by atoms with Crippen LogP contribution in [0.2, 0.25) is 0 Å². The minimum atomic E-state index is -1.10. The molecule has 1 aromatic heterocycles. The van der Waals surface area contributed by atoms with Crippen LogP contribution in [0, 0.1) is 17.5 Å². The number of nitrogens with zero attached hydrogens (tertiary/aromatic N) is 1. The number of carbonyl (C=O) groups is 2. The second-order valence-corrected chi connectivity index (χ2v) is 6.54. The Morgan fingerprint density at radius 2 is 1.93 bits per heavy atom.